The molecule has 1 heterocycles. The largest absolute Gasteiger partial charge is 0.327 e. The lowest BCUT2D eigenvalue weighted by Gasteiger charge is -2.30. The first kappa shape index (κ1) is 13.0. The van der Waals surface area contributed by atoms with Crippen LogP contribution in [0.2, 0.25) is 0 Å². The zero-order valence-electron chi connectivity index (χ0n) is 10.9. The molecule has 2 nitrogen and oxygen atoms in total. The van der Waals surface area contributed by atoms with Gasteiger partial charge in [-0.05, 0) is 44.2 Å². The SMILES string of the molecule is CCC1CCCN1CCC(N)C(C)(C)C. The molecule has 2 heteroatoms. The minimum Gasteiger partial charge on any atom is -0.327 e. The number of likely N-dealkylation sites (tertiary alicyclic amines) is 1. The highest BCUT2D eigenvalue weighted by Gasteiger charge is 2.25. The van der Waals surface area contributed by atoms with Crippen molar-refractivity contribution in [3.63, 3.8) is 0 Å². The number of nitrogens with two attached hydrogens (primary N) is 1. The Morgan fingerprint density at radius 2 is 2.07 bits per heavy atom. The van der Waals surface area contributed by atoms with Crippen LogP contribution in [0.15, 0.2) is 0 Å². The molecule has 0 spiro atoms. The third kappa shape index (κ3) is 3.76. The van der Waals surface area contributed by atoms with Crippen molar-refractivity contribution in [3.8, 4) is 0 Å². The molecule has 1 aliphatic heterocycles. The van der Waals surface area contributed by atoms with E-state index >= 15 is 0 Å². The summed E-state index contributed by atoms with van der Waals surface area (Å²) in [5, 5.41) is 0. The van der Waals surface area contributed by atoms with Crippen LogP contribution in [-0.4, -0.2) is 30.1 Å². The molecule has 0 amide bonds. The van der Waals surface area contributed by atoms with Crippen LogP contribution in [-0.2, 0) is 0 Å². The fourth-order valence-electron chi connectivity index (χ4n) is 2.39. The van der Waals surface area contributed by atoms with Gasteiger partial charge in [0.05, 0.1) is 0 Å². The van der Waals surface area contributed by atoms with E-state index in [-0.39, 0.29) is 5.41 Å². The van der Waals surface area contributed by atoms with E-state index < -0.39 is 0 Å². The fourth-order valence-corrected chi connectivity index (χ4v) is 2.39. The highest BCUT2D eigenvalue weighted by Crippen LogP contribution is 2.23. The summed E-state index contributed by atoms with van der Waals surface area (Å²) < 4.78 is 0. The van der Waals surface area contributed by atoms with Crippen LogP contribution in [0, 0.1) is 5.41 Å². The van der Waals surface area contributed by atoms with E-state index in [1.54, 1.807) is 0 Å². The highest BCUT2D eigenvalue weighted by molar-refractivity contribution is 4.82. The van der Waals surface area contributed by atoms with Gasteiger partial charge in [0.25, 0.3) is 0 Å². The summed E-state index contributed by atoms with van der Waals surface area (Å²) in [6.07, 6.45) is 5.20. The Balaban J connectivity index is 2.30. The summed E-state index contributed by atoms with van der Waals surface area (Å²) >= 11 is 0. The van der Waals surface area contributed by atoms with Gasteiger partial charge in [-0.1, -0.05) is 27.7 Å². The molecule has 0 aromatic carbocycles. The van der Waals surface area contributed by atoms with Crippen molar-refractivity contribution in [1.29, 1.82) is 0 Å². The van der Waals surface area contributed by atoms with Crippen molar-refractivity contribution < 1.29 is 0 Å². The predicted octanol–water partition coefficient (Wildman–Crippen LogP) is 2.62. The Hall–Kier alpha value is -0.0800. The van der Waals surface area contributed by atoms with Crippen LogP contribution in [0.25, 0.3) is 0 Å². The zero-order chi connectivity index (χ0) is 11.5. The summed E-state index contributed by atoms with van der Waals surface area (Å²) in [6.45, 7) is 11.5. The van der Waals surface area contributed by atoms with Crippen molar-refractivity contribution in [1.82, 2.24) is 4.90 Å². The maximum absolute atomic E-state index is 6.19. The fraction of sp³-hybridized carbons (Fsp3) is 1.00. The molecule has 1 fully saturated rings. The van der Waals surface area contributed by atoms with E-state index in [2.05, 4.69) is 32.6 Å². The van der Waals surface area contributed by atoms with Crippen LogP contribution in [0.3, 0.4) is 0 Å². The van der Waals surface area contributed by atoms with Gasteiger partial charge in [-0.25, -0.2) is 0 Å². The van der Waals surface area contributed by atoms with E-state index in [9.17, 15) is 0 Å². The van der Waals surface area contributed by atoms with Crippen molar-refractivity contribution in [2.45, 2.75) is 65.5 Å². The normalized spacial score (nSPS) is 25.8. The first-order valence-electron chi connectivity index (χ1n) is 6.44. The molecule has 1 aliphatic rings. The Labute approximate surface area is 95.2 Å². The van der Waals surface area contributed by atoms with Gasteiger partial charge in [0.2, 0.25) is 0 Å². The van der Waals surface area contributed by atoms with Crippen LogP contribution in [0.5, 0.6) is 0 Å². The minimum atomic E-state index is 0.251. The molecule has 0 bridgehead atoms. The second-order valence-corrected chi connectivity index (χ2v) is 6.00. The quantitative estimate of drug-likeness (QED) is 0.776. The van der Waals surface area contributed by atoms with Gasteiger partial charge < -0.3 is 10.6 Å². The third-order valence-electron chi connectivity index (χ3n) is 3.81. The van der Waals surface area contributed by atoms with Crippen LogP contribution >= 0.6 is 0 Å². The Bertz CT molecular complexity index is 183. The van der Waals surface area contributed by atoms with Gasteiger partial charge in [-0.15, -0.1) is 0 Å². The number of hydrogen-bond acceptors (Lipinski definition) is 2. The van der Waals surface area contributed by atoms with Crippen molar-refractivity contribution in [3.05, 3.63) is 0 Å². The molecule has 90 valence electrons. The van der Waals surface area contributed by atoms with Crippen LogP contribution in [0.1, 0.15) is 53.4 Å². The standard InChI is InChI=1S/C13H28N2/c1-5-11-7-6-9-15(11)10-8-12(14)13(2,3)4/h11-12H,5-10,14H2,1-4H3. The molecule has 0 aliphatic carbocycles. The lowest BCUT2D eigenvalue weighted by Crippen LogP contribution is -2.39. The summed E-state index contributed by atoms with van der Waals surface area (Å²) in [4.78, 5) is 2.63. The molecule has 1 rings (SSSR count). The molecular formula is C13H28N2. The third-order valence-corrected chi connectivity index (χ3v) is 3.81. The van der Waals surface area contributed by atoms with E-state index in [1.807, 2.05) is 0 Å². The Morgan fingerprint density at radius 1 is 1.40 bits per heavy atom. The summed E-state index contributed by atoms with van der Waals surface area (Å²) in [7, 11) is 0. The van der Waals surface area contributed by atoms with Gasteiger partial charge in [-0.2, -0.15) is 0 Å². The van der Waals surface area contributed by atoms with E-state index in [4.69, 9.17) is 5.73 Å². The number of nitrogens with zero attached hydrogens (tertiary/aromatic N) is 1. The molecule has 2 atom stereocenters. The highest BCUT2D eigenvalue weighted by atomic mass is 15.2. The lowest BCUT2D eigenvalue weighted by atomic mass is 9.85. The maximum atomic E-state index is 6.19. The maximum Gasteiger partial charge on any atom is 0.00998 e. The van der Waals surface area contributed by atoms with E-state index in [1.165, 1.54) is 32.4 Å². The Kier molecular flexibility index (Phi) is 4.60. The van der Waals surface area contributed by atoms with Gasteiger partial charge in [0, 0.05) is 12.1 Å². The molecule has 0 aromatic heterocycles. The average molecular weight is 212 g/mol. The molecule has 1 saturated heterocycles. The van der Waals surface area contributed by atoms with Gasteiger partial charge in [0.15, 0.2) is 0 Å². The topological polar surface area (TPSA) is 29.3 Å². The Morgan fingerprint density at radius 3 is 2.60 bits per heavy atom. The first-order valence-corrected chi connectivity index (χ1v) is 6.44. The second-order valence-electron chi connectivity index (χ2n) is 6.00. The molecule has 0 aromatic rings. The molecule has 15 heavy (non-hydrogen) atoms. The van der Waals surface area contributed by atoms with E-state index in [0.29, 0.717) is 6.04 Å². The van der Waals surface area contributed by atoms with Gasteiger partial charge in [0.1, 0.15) is 0 Å². The van der Waals surface area contributed by atoms with Crippen molar-refractivity contribution in [2.24, 2.45) is 11.1 Å². The van der Waals surface area contributed by atoms with Crippen molar-refractivity contribution in [2.75, 3.05) is 13.1 Å². The second kappa shape index (κ2) is 5.31. The molecule has 2 unspecified atom stereocenters. The first-order chi connectivity index (χ1) is 6.95. The number of rotatable bonds is 4. The molecule has 0 radical (unpaired) electrons. The summed E-state index contributed by atoms with van der Waals surface area (Å²) in [5.74, 6) is 0. The van der Waals surface area contributed by atoms with Crippen LogP contribution in [0.4, 0.5) is 0 Å². The summed E-state index contributed by atoms with van der Waals surface area (Å²) in [5.41, 5.74) is 6.44. The zero-order valence-corrected chi connectivity index (χ0v) is 10.9. The lowest BCUT2D eigenvalue weighted by molar-refractivity contribution is 0.212. The summed E-state index contributed by atoms with van der Waals surface area (Å²) in [6, 6.07) is 1.16. The number of hydrogen-bond donors (Lipinski definition) is 1. The van der Waals surface area contributed by atoms with Gasteiger partial charge in [-0.3, -0.25) is 0 Å². The minimum absolute atomic E-state index is 0.251. The van der Waals surface area contributed by atoms with Gasteiger partial charge >= 0.3 is 0 Å². The molecular weight excluding hydrogens is 184 g/mol. The monoisotopic (exact) mass is 212 g/mol. The molecule has 2 N–H and O–H groups in total. The molecule has 0 saturated carbocycles. The predicted molar refractivity (Wildman–Crippen MR) is 66.9 cm³/mol. The van der Waals surface area contributed by atoms with Crippen LogP contribution < -0.4 is 5.73 Å². The van der Waals surface area contributed by atoms with Crippen molar-refractivity contribution >= 4 is 0 Å². The van der Waals surface area contributed by atoms with E-state index in [0.717, 1.165) is 12.5 Å². The smallest absolute Gasteiger partial charge is 0.00998 e. The average Bonchev–Trinajstić information content (AvgIpc) is 2.59.